The maximum atomic E-state index is 13.5. The van der Waals surface area contributed by atoms with E-state index in [1.54, 1.807) is 13.0 Å². The van der Waals surface area contributed by atoms with E-state index < -0.39 is 11.9 Å². The van der Waals surface area contributed by atoms with E-state index in [1.165, 1.54) is 18.6 Å². The van der Waals surface area contributed by atoms with Gasteiger partial charge < -0.3 is 10.6 Å². The van der Waals surface area contributed by atoms with Gasteiger partial charge in [0.1, 0.15) is 23.5 Å². The number of nitrogens with zero attached hydrogens (tertiary/aromatic N) is 1. The summed E-state index contributed by atoms with van der Waals surface area (Å²) in [6, 6.07) is 5.90. The highest BCUT2D eigenvalue weighted by molar-refractivity contribution is 5.84. The molecule has 2 N–H and O–H groups in total. The quantitative estimate of drug-likeness (QED) is 0.895. The summed E-state index contributed by atoms with van der Waals surface area (Å²) < 4.78 is 13.5. The number of hydrogen-bond acceptors (Lipinski definition) is 3. The van der Waals surface area contributed by atoms with Gasteiger partial charge in [-0.1, -0.05) is 25.3 Å². The standard InChI is InChI=1S/C16H20FN3O/c1-11(16(21)20-12-6-3-2-4-7-12)19-15-9-5-8-14(17)13(15)10-18/h5,8-9,11-12,19H,2-4,6-7H2,1H3,(H,20,21). The summed E-state index contributed by atoms with van der Waals surface area (Å²) in [5.41, 5.74) is 0.290. The van der Waals surface area contributed by atoms with Crippen molar-refractivity contribution >= 4 is 11.6 Å². The molecule has 1 saturated carbocycles. The Morgan fingerprint density at radius 2 is 2.10 bits per heavy atom. The van der Waals surface area contributed by atoms with E-state index in [1.807, 2.05) is 6.07 Å². The van der Waals surface area contributed by atoms with E-state index >= 15 is 0 Å². The predicted octanol–water partition coefficient (Wildman–Crippen LogP) is 2.95. The molecular weight excluding hydrogens is 269 g/mol. The number of anilines is 1. The molecule has 0 bridgehead atoms. The zero-order valence-corrected chi connectivity index (χ0v) is 12.2. The third-order valence-corrected chi connectivity index (χ3v) is 3.84. The Morgan fingerprint density at radius 3 is 2.76 bits per heavy atom. The highest BCUT2D eigenvalue weighted by Crippen LogP contribution is 2.20. The van der Waals surface area contributed by atoms with Gasteiger partial charge in [-0.05, 0) is 31.9 Å². The predicted molar refractivity (Wildman–Crippen MR) is 79.2 cm³/mol. The van der Waals surface area contributed by atoms with Crippen LogP contribution in [-0.4, -0.2) is 18.0 Å². The van der Waals surface area contributed by atoms with Crippen LogP contribution in [0.3, 0.4) is 0 Å². The lowest BCUT2D eigenvalue weighted by molar-refractivity contribution is -0.122. The summed E-state index contributed by atoms with van der Waals surface area (Å²) in [6.45, 7) is 1.71. The second-order valence-corrected chi connectivity index (χ2v) is 5.48. The molecule has 1 amide bonds. The number of rotatable bonds is 4. The third-order valence-electron chi connectivity index (χ3n) is 3.84. The molecule has 112 valence electrons. The van der Waals surface area contributed by atoms with Crippen molar-refractivity contribution in [1.82, 2.24) is 5.32 Å². The van der Waals surface area contributed by atoms with Crippen LogP contribution in [0, 0.1) is 17.1 Å². The molecule has 4 nitrogen and oxygen atoms in total. The first-order valence-electron chi connectivity index (χ1n) is 7.37. The van der Waals surface area contributed by atoms with Gasteiger partial charge >= 0.3 is 0 Å². The molecule has 0 saturated heterocycles. The Kier molecular flexibility index (Phi) is 5.15. The lowest BCUT2D eigenvalue weighted by Crippen LogP contribution is -2.44. The first-order chi connectivity index (χ1) is 10.1. The van der Waals surface area contributed by atoms with Crippen molar-refractivity contribution in [3.05, 3.63) is 29.6 Å². The van der Waals surface area contributed by atoms with Crippen LogP contribution >= 0.6 is 0 Å². The maximum absolute atomic E-state index is 13.5. The molecule has 0 aliphatic heterocycles. The molecule has 0 aromatic heterocycles. The molecule has 1 aliphatic carbocycles. The smallest absolute Gasteiger partial charge is 0.242 e. The fraction of sp³-hybridized carbons (Fsp3) is 0.500. The Hall–Kier alpha value is -2.09. The van der Waals surface area contributed by atoms with Gasteiger partial charge in [0.2, 0.25) is 5.91 Å². The monoisotopic (exact) mass is 289 g/mol. The van der Waals surface area contributed by atoms with Gasteiger partial charge in [0.25, 0.3) is 0 Å². The largest absolute Gasteiger partial charge is 0.373 e. The van der Waals surface area contributed by atoms with Gasteiger partial charge in [-0.2, -0.15) is 5.26 Å². The van der Waals surface area contributed by atoms with Gasteiger partial charge in [0.15, 0.2) is 0 Å². The molecule has 0 heterocycles. The van der Waals surface area contributed by atoms with Gasteiger partial charge in [-0.15, -0.1) is 0 Å². The molecule has 21 heavy (non-hydrogen) atoms. The number of nitrogens with one attached hydrogen (secondary N) is 2. The molecule has 1 unspecified atom stereocenters. The average molecular weight is 289 g/mol. The number of hydrogen-bond donors (Lipinski definition) is 2. The number of amides is 1. The molecule has 1 aromatic carbocycles. The highest BCUT2D eigenvalue weighted by atomic mass is 19.1. The van der Waals surface area contributed by atoms with Gasteiger partial charge in [0.05, 0.1) is 5.69 Å². The zero-order valence-electron chi connectivity index (χ0n) is 12.2. The molecule has 0 radical (unpaired) electrons. The lowest BCUT2D eigenvalue weighted by atomic mass is 9.95. The van der Waals surface area contributed by atoms with Crippen LogP contribution in [0.5, 0.6) is 0 Å². The maximum Gasteiger partial charge on any atom is 0.242 e. The SMILES string of the molecule is CC(Nc1cccc(F)c1C#N)C(=O)NC1CCCCC1. The summed E-state index contributed by atoms with van der Waals surface area (Å²) in [7, 11) is 0. The van der Waals surface area contributed by atoms with Gasteiger partial charge in [-0.3, -0.25) is 4.79 Å². The van der Waals surface area contributed by atoms with E-state index in [-0.39, 0.29) is 17.5 Å². The molecule has 0 spiro atoms. The summed E-state index contributed by atoms with van der Waals surface area (Å²) in [5.74, 6) is -0.697. The Bertz CT molecular complexity index is 547. The van der Waals surface area contributed by atoms with Crippen molar-refractivity contribution in [3.63, 3.8) is 0 Å². The van der Waals surface area contributed by atoms with Crippen molar-refractivity contribution in [2.75, 3.05) is 5.32 Å². The lowest BCUT2D eigenvalue weighted by Gasteiger charge is -2.25. The Balaban J connectivity index is 1.97. The van der Waals surface area contributed by atoms with Crippen LogP contribution in [0.15, 0.2) is 18.2 Å². The van der Waals surface area contributed by atoms with Gasteiger partial charge in [-0.25, -0.2) is 4.39 Å². The minimum atomic E-state index is -0.581. The van der Waals surface area contributed by atoms with E-state index in [4.69, 9.17) is 5.26 Å². The highest BCUT2D eigenvalue weighted by Gasteiger charge is 2.20. The second kappa shape index (κ2) is 7.07. The third kappa shape index (κ3) is 3.94. The molecule has 1 aromatic rings. The van der Waals surface area contributed by atoms with Crippen molar-refractivity contribution in [2.45, 2.75) is 51.1 Å². The Labute approximate surface area is 124 Å². The van der Waals surface area contributed by atoms with Crippen LogP contribution in [0.25, 0.3) is 0 Å². The molecule has 1 aliphatic rings. The first-order valence-corrected chi connectivity index (χ1v) is 7.37. The van der Waals surface area contributed by atoms with Crippen LogP contribution < -0.4 is 10.6 Å². The summed E-state index contributed by atoms with van der Waals surface area (Å²) in [6.07, 6.45) is 5.56. The van der Waals surface area contributed by atoms with Crippen LogP contribution in [0.2, 0.25) is 0 Å². The number of halogens is 1. The minimum Gasteiger partial charge on any atom is -0.373 e. The van der Waals surface area contributed by atoms with Crippen LogP contribution in [-0.2, 0) is 4.79 Å². The minimum absolute atomic E-state index is 0.0604. The first kappa shape index (κ1) is 15.3. The molecule has 1 fully saturated rings. The summed E-state index contributed by atoms with van der Waals surface area (Å²) in [4.78, 5) is 12.1. The normalized spacial score (nSPS) is 16.8. The molecule has 5 heteroatoms. The van der Waals surface area contributed by atoms with E-state index in [2.05, 4.69) is 10.6 Å². The van der Waals surface area contributed by atoms with E-state index in [9.17, 15) is 9.18 Å². The zero-order chi connectivity index (χ0) is 15.2. The average Bonchev–Trinajstić information content (AvgIpc) is 2.48. The fourth-order valence-corrected chi connectivity index (χ4v) is 2.63. The number of nitriles is 1. The van der Waals surface area contributed by atoms with Crippen LogP contribution in [0.4, 0.5) is 10.1 Å². The number of benzene rings is 1. The fourth-order valence-electron chi connectivity index (χ4n) is 2.63. The number of carbonyl (C=O) groups is 1. The molecule has 1 atom stereocenters. The van der Waals surface area contributed by atoms with E-state index in [0.717, 1.165) is 25.7 Å². The summed E-state index contributed by atoms with van der Waals surface area (Å²) in [5, 5.41) is 14.9. The Morgan fingerprint density at radius 1 is 1.38 bits per heavy atom. The van der Waals surface area contributed by atoms with E-state index in [0.29, 0.717) is 5.69 Å². The van der Waals surface area contributed by atoms with Crippen molar-refractivity contribution in [3.8, 4) is 6.07 Å². The van der Waals surface area contributed by atoms with Crippen molar-refractivity contribution in [1.29, 1.82) is 5.26 Å². The number of carbonyl (C=O) groups excluding carboxylic acids is 1. The molecular formula is C16H20FN3O. The topological polar surface area (TPSA) is 64.9 Å². The second-order valence-electron chi connectivity index (χ2n) is 5.48. The summed E-state index contributed by atoms with van der Waals surface area (Å²) >= 11 is 0. The van der Waals surface area contributed by atoms with Crippen molar-refractivity contribution < 1.29 is 9.18 Å². The van der Waals surface area contributed by atoms with Crippen molar-refractivity contribution in [2.24, 2.45) is 0 Å². The molecule has 2 rings (SSSR count). The van der Waals surface area contributed by atoms with Crippen LogP contribution in [0.1, 0.15) is 44.6 Å². The van der Waals surface area contributed by atoms with Gasteiger partial charge in [0, 0.05) is 6.04 Å².